The number of hydrogen-bond acceptors (Lipinski definition) is 4. The number of carbonyl (C=O) groups is 1. The van der Waals surface area contributed by atoms with Crippen LogP contribution in [0.15, 0.2) is 41.3 Å². The highest BCUT2D eigenvalue weighted by Crippen LogP contribution is 2.33. The number of carbonyl (C=O) groups excluding carboxylic acids is 1. The van der Waals surface area contributed by atoms with Crippen LogP contribution in [-0.4, -0.2) is 34.5 Å². The van der Waals surface area contributed by atoms with Gasteiger partial charge in [-0.05, 0) is 49.2 Å². The summed E-state index contributed by atoms with van der Waals surface area (Å²) in [6.07, 6.45) is 2.83. The number of methoxy groups -OCH3 is 1. The summed E-state index contributed by atoms with van der Waals surface area (Å²) in [5.41, 5.74) is 0.976. The van der Waals surface area contributed by atoms with E-state index in [0.29, 0.717) is 6.54 Å². The molecule has 0 spiro atoms. The highest BCUT2D eigenvalue weighted by Gasteiger charge is 2.30. The summed E-state index contributed by atoms with van der Waals surface area (Å²) in [6, 6.07) is 9.28. The lowest BCUT2D eigenvalue weighted by atomic mass is 10.2. The molecule has 0 atom stereocenters. The SMILES string of the molecule is CCCCCNC(=O)CN(c1ccc(Cl)c(Cl)c1)S(=O)(=O)c1cc(C)ccc1OC. The quantitative estimate of drug-likeness (QED) is 0.503. The molecule has 164 valence electrons. The number of anilines is 1. The minimum Gasteiger partial charge on any atom is -0.495 e. The fourth-order valence-corrected chi connectivity index (χ4v) is 4.80. The predicted molar refractivity (Wildman–Crippen MR) is 121 cm³/mol. The van der Waals surface area contributed by atoms with Crippen LogP contribution in [-0.2, 0) is 14.8 Å². The number of nitrogens with one attached hydrogen (secondary N) is 1. The van der Waals surface area contributed by atoms with Gasteiger partial charge in [0.15, 0.2) is 0 Å². The maximum Gasteiger partial charge on any atom is 0.268 e. The van der Waals surface area contributed by atoms with Crippen LogP contribution < -0.4 is 14.4 Å². The van der Waals surface area contributed by atoms with Crippen LogP contribution in [0.1, 0.15) is 31.7 Å². The van der Waals surface area contributed by atoms with E-state index in [1.807, 2.05) is 0 Å². The maximum atomic E-state index is 13.6. The molecule has 9 heteroatoms. The average molecular weight is 473 g/mol. The highest BCUT2D eigenvalue weighted by atomic mass is 35.5. The molecule has 0 radical (unpaired) electrons. The third kappa shape index (κ3) is 6.03. The number of nitrogens with zero attached hydrogens (tertiary/aromatic N) is 1. The number of ether oxygens (including phenoxy) is 1. The first-order valence-corrected chi connectivity index (χ1v) is 11.8. The first kappa shape index (κ1) is 24.3. The van der Waals surface area contributed by atoms with Crippen LogP contribution in [0.25, 0.3) is 0 Å². The maximum absolute atomic E-state index is 13.6. The number of benzene rings is 2. The van der Waals surface area contributed by atoms with Gasteiger partial charge in [0.05, 0.1) is 22.8 Å². The number of halogens is 2. The van der Waals surface area contributed by atoms with Gasteiger partial charge < -0.3 is 10.1 Å². The molecule has 0 aliphatic rings. The molecule has 0 saturated heterocycles. The largest absolute Gasteiger partial charge is 0.495 e. The van der Waals surface area contributed by atoms with E-state index in [1.165, 1.54) is 31.4 Å². The average Bonchev–Trinajstić information content (AvgIpc) is 2.71. The lowest BCUT2D eigenvalue weighted by Gasteiger charge is -2.25. The molecular weight excluding hydrogens is 447 g/mol. The molecular formula is C21H26Cl2N2O4S. The second-order valence-electron chi connectivity index (χ2n) is 6.82. The fourth-order valence-electron chi connectivity index (χ4n) is 2.85. The molecule has 6 nitrogen and oxygen atoms in total. The van der Waals surface area contributed by atoms with Crippen molar-refractivity contribution in [2.45, 2.75) is 38.0 Å². The Morgan fingerprint density at radius 2 is 1.83 bits per heavy atom. The lowest BCUT2D eigenvalue weighted by Crippen LogP contribution is -2.41. The molecule has 2 aromatic rings. The Hall–Kier alpha value is -1.96. The van der Waals surface area contributed by atoms with Crippen molar-refractivity contribution >= 4 is 44.8 Å². The molecule has 2 aromatic carbocycles. The Labute approximate surface area is 188 Å². The van der Waals surface area contributed by atoms with Crippen LogP contribution in [0, 0.1) is 6.92 Å². The molecule has 0 aliphatic heterocycles. The summed E-state index contributed by atoms with van der Waals surface area (Å²) in [4.78, 5) is 12.5. The summed E-state index contributed by atoms with van der Waals surface area (Å²) in [5.74, 6) is -0.221. The van der Waals surface area contributed by atoms with Crippen LogP contribution >= 0.6 is 23.2 Å². The van der Waals surface area contributed by atoms with E-state index in [0.717, 1.165) is 29.1 Å². The Bertz CT molecular complexity index is 996. The molecule has 0 heterocycles. The van der Waals surface area contributed by atoms with Crippen LogP contribution in [0.3, 0.4) is 0 Å². The van der Waals surface area contributed by atoms with Crippen molar-refractivity contribution in [3.8, 4) is 5.75 Å². The highest BCUT2D eigenvalue weighted by molar-refractivity contribution is 7.93. The van der Waals surface area contributed by atoms with E-state index in [-0.39, 0.29) is 26.4 Å². The van der Waals surface area contributed by atoms with Gasteiger partial charge in [0.2, 0.25) is 5.91 Å². The molecule has 1 amide bonds. The van der Waals surface area contributed by atoms with E-state index in [9.17, 15) is 13.2 Å². The number of hydrogen-bond donors (Lipinski definition) is 1. The Morgan fingerprint density at radius 3 is 2.47 bits per heavy atom. The van der Waals surface area contributed by atoms with Gasteiger partial charge in [-0.3, -0.25) is 9.10 Å². The zero-order chi connectivity index (χ0) is 22.3. The minimum absolute atomic E-state index is 0.0325. The van der Waals surface area contributed by atoms with E-state index in [4.69, 9.17) is 27.9 Å². The van der Waals surface area contributed by atoms with Crippen molar-refractivity contribution in [2.75, 3.05) is 24.5 Å². The second-order valence-corrected chi connectivity index (χ2v) is 9.47. The fraction of sp³-hybridized carbons (Fsp3) is 0.381. The molecule has 1 N–H and O–H groups in total. The first-order chi connectivity index (χ1) is 14.2. The van der Waals surface area contributed by atoms with Crippen molar-refractivity contribution in [1.29, 1.82) is 0 Å². The standard InChI is InChI=1S/C21H26Cl2N2O4S/c1-4-5-6-11-24-21(26)14-25(16-8-9-17(22)18(23)13-16)30(27,28)20-12-15(2)7-10-19(20)29-3/h7-10,12-13H,4-6,11,14H2,1-3H3,(H,24,26). The summed E-state index contributed by atoms with van der Waals surface area (Å²) in [6.45, 7) is 3.93. The summed E-state index contributed by atoms with van der Waals surface area (Å²) in [7, 11) is -2.74. The molecule has 0 aliphatic carbocycles. The zero-order valence-electron chi connectivity index (χ0n) is 17.2. The van der Waals surface area contributed by atoms with Gasteiger partial charge >= 0.3 is 0 Å². The number of amides is 1. The summed E-state index contributed by atoms with van der Waals surface area (Å²) < 4.78 is 33.4. The van der Waals surface area contributed by atoms with Gasteiger partial charge in [-0.1, -0.05) is 49.0 Å². The molecule has 0 saturated carbocycles. The molecule has 0 aromatic heterocycles. The second kappa shape index (κ2) is 10.9. The van der Waals surface area contributed by atoms with Crippen LogP contribution in [0.2, 0.25) is 10.0 Å². The molecule has 0 fully saturated rings. The number of rotatable bonds is 10. The van der Waals surface area contributed by atoms with Crippen LogP contribution in [0.5, 0.6) is 5.75 Å². The lowest BCUT2D eigenvalue weighted by molar-refractivity contribution is -0.119. The minimum atomic E-state index is -4.13. The number of unbranched alkanes of at least 4 members (excludes halogenated alkanes) is 2. The van der Waals surface area contributed by atoms with Gasteiger partial charge in [0.1, 0.15) is 17.2 Å². The van der Waals surface area contributed by atoms with E-state index in [1.54, 1.807) is 19.1 Å². The Balaban J connectivity index is 2.46. The summed E-state index contributed by atoms with van der Waals surface area (Å²) in [5, 5.41) is 3.25. The molecule has 0 unspecified atom stereocenters. The normalized spacial score (nSPS) is 11.2. The molecule has 2 rings (SSSR count). The Morgan fingerprint density at radius 1 is 1.10 bits per heavy atom. The van der Waals surface area contributed by atoms with E-state index < -0.39 is 22.5 Å². The van der Waals surface area contributed by atoms with Gasteiger partial charge in [0.25, 0.3) is 10.0 Å². The topological polar surface area (TPSA) is 75.7 Å². The van der Waals surface area contributed by atoms with Gasteiger partial charge in [-0.25, -0.2) is 8.42 Å². The smallest absolute Gasteiger partial charge is 0.268 e. The third-order valence-corrected chi connectivity index (χ3v) is 7.00. The number of aryl methyl sites for hydroxylation is 1. The monoisotopic (exact) mass is 472 g/mol. The third-order valence-electron chi connectivity index (χ3n) is 4.47. The molecule has 30 heavy (non-hydrogen) atoms. The van der Waals surface area contributed by atoms with E-state index in [2.05, 4.69) is 12.2 Å². The molecule has 0 bridgehead atoms. The first-order valence-electron chi connectivity index (χ1n) is 9.59. The summed E-state index contributed by atoms with van der Waals surface area (Å²) >= 11 is 12.1. The zero-order valence-corrected chi connectivity index (χ0v) is 19.6. The van der Waals surface area contributed by atoms with Gasteiger partial charge in [-0.15, -0.1) is 0 Å². The van der Waals surface area contributed by atoms with E-state index >= 15 is 0 Å². The van der Waals surface area contributed by atoms with Crippen molar-refractivity contribution in [3.63, 3.8) is 0 Å². The van der Waals surface area contributed by atoms with Crippen molar-refractivity contribution in [1.82, 2.24) is 5.32 Å². The Kier molecular flexibility index (Phi) is 8.82. The van der Waals surface area contributed by atoms with Crippen LogP contribution in [0.4, 0.5) is 5.69 Å². The predicted octanol–water partition coefficient (Wildman–Crippen LogP) is 4.81. The van der Waals surface area contributed by atoms with Gasteiger partial charge in [0, 0.05) is 6.54 Å². The van der Waals surface area contributed by atoms with Crippen molar-refractivity contribution in [3.05, 3.63) is 52.0 Å². The van der Waals surface area contributed by atoms with Gasteiger partial charge in [-0.2, -0.15) is 0 Å². The van der Waals surface area contributed by atoms with Crippen molar-refractivity contribution < 1.29 is 17.9 Å². The number of sulfonamides is 1. The van der Waals surface area contributed by atoms with Crippen molar-refractivity contribution in [2.24, 2.45) is 0 Å².